The summed E-state index contributed by atoms with van der Waals surface area (Å²) < 4.78 is 37.0. The summed E-state index contributed by atoms with van der Waals surface area (Å²) in [5.41, 5.74) is -1.51. The van der Waals surface area contributed by atoms with Crippen LogP contribution in [0.15, 0.2) is 52.2 Å². The van der Waals surface area contributed by atoms with Gasteiger partial charge in [0.15, 0.2) is 11.1 Å². The highest BCUT2D eigenvalue weighted by atomic mass is 35.5. The van der Waals surface area contributed by atoms with Gasteiger partial charge in [-0.15, -0.1) is 6.42 Å². The summed E-state index contributed by atoms with van der Waals surface area (Å²) in [4.78, 5) is 36.2. The van der Waals surface area contributed by atoms with Crippen LogP contribution >= 0.6 is 19.2 Å². The number of hydrogen-bond acceptors (Lipinski definition) is 9. The van der Waals surface area contributed by atoms with Crippen molar-refractivity contribution in [1.29, 1.82) is 0 Å². The van der Waals surface area contributed by atoms with E-state index in [1.165, 1.54) is 6.92 Å². The molecule has 2 heterocycles. The van der Waals surface area contributed by atoms with Crippen molar-refractivity contribution < 1.29 is 33.0 Å². The Bertz CT molecular complexity index is 1310. The number of carbonyl (C=O) groups excluding carboxylic acids is 1. The first-order chi connectivity index (χ1) is 17.4. The number of alkyl halides is 1. The molecule has 1 unspecified atom stereocenters. The number of hydrogen-bond donors (Lipinski definition) is 2. The number of aromatic nitrogens is 2. The average molecular weight is 555 g/mol. The largest absolute Gasteiger partial charge is 0.463 e. The maximum Gasteiger partial charge on any atom is 0.380 e. The lowest BCUT2D eigenvalue weighted by Gasteiger charge is -2.25. The number of rotatable bonds is 10. The molecule has 0 radical (unpaired) electrons. The first-order valence-electron chi connectivity index (χ1n) is 11.4. The third-order valence-corrected chi connectivity index (χ3v) is 7.99. The number of aromatic amines is 1. The van der Waals surface area contributed by atoms with Gasteiger partial charge >= 0.3 is 19.3 Å². The molecule has 1 aromatic carbocycles. The predicted octanol–water partition coefficient (Wildman–Crippen LogP) is 2.28. The standard InChI is InChI=1S/C24H28ClN2O9P/c1-5-24(25)20(29)18(35-22(24)27-12-11-19(28)26-23(27)31)13-33-37(32,36-17-9-7-6-8-10-17)14-16(4)21(30)34-15(2)3/h1,6-12,15-16,18,20,22,29H,13-14H2,2-4H3,(H,26,28,31)/t16-,18-,20+,22-,24?,37+/m1/s1. The van der Waals surface area contributed by atoms with Crippen LogP contribution in [0.2, 0.25) is 0 Å². The van der Waals surface area contributed by atoms with Gasteiger partial charge in [0.05, 0.1) is 24.8 Å². The second-order valence-electron chi connectivity index (χ2n) is 8.78. The van der Waals surface area contributed by atoms with E-state index in [9.17, 15) is 24.1 Å². The summed E-state index contributed by atoms with van der Waals surface area (Å²) in [5, 5.41) is 10.9. The highest BCUT2D eigenvalue weighted by Gasteiger charge is 2.56. The number of aliphatic hydroxyl groups excluding tert-OH is 1. The van der Waals surface area contributed by atoms with Crippen LogP contribution in [0.5, 0.6) is 5.75 Å². The predicted molar refractivity (Wildman–Crippen MR) is 135 cm³/mol. The fourth-order valence-electron chi connectivity index (χ4n) is 3.63. The minimum atomic E-state index is -4.03. The van der Waals surface area contributed by atoms with E-state index in [4.69, 9.17) is 36.5 Å². The normalized spacial score (nSPS) is 25.7. The molecule has 3 rings (SSSR count). The fraction of sp³-hybridized carbons (Fsp3) is 0.458. The van der Waals surface area contributed by atoms with E-state index in [2.05, 4.69) is 10.9 Å². The van der Waals surface area contributed by atoms with Crippen LogP contribution < -0.4 is 15.8 Å². The van der Waals surface area contributed by atoms with Gasteiger partial charge in [-0.3, -0.25) is 23.7 Å². The average Bonchev–Trinajstić information content (AvgIpc) is 3.08. The maximum absolute atomic E-state index is 13.8. The zero-order valence-electron chi connectivity index (χ0n) is 20.4. The minimum absolute atomic E-state index is 0.233. The maximum atomic E-state index is 13.8. The van der Waals surface area contributed by atoms with Crippen molar-refractivity contribution in [3.63, 3.8) is 0 Å². The molecular weight excluding hydrogens is 527 g/mol. The Labute approximate surface area is 218 Å². The van der Waals surface area contributed by atoms with E-state index < -0.39 is 60.6 Å². The summed E-state index contributed by atoms with van der Waals surface area (Å²) in [5.74, 6) is 1.03. The Morgan fingerprint density at radius 1 is 1.30 bits per heavy atom. The molecule has 1 fully saturated rings. The third-order valence-electron chi connectivity index (χ3n) is 5.45. The lowest BCUT2D eigenvalue weighted by Crippen LogP contribution is -2.44. The first-order valence-corrected chi connectivity index (χ1v) is 13.5. The van der Waals surface area contributed by atoms with E-state index in [0.717, 1.165) is 16.8 Å². The number of benzene rings is 1. The van der Waals surface area contributed by atoms with Gasteiger partial charge in [-0.25, -0.2) is 9.36 Å². The molecule has 1 saturated heterocycles. The number of esters is 1. The SMILES string of the molecule is C#CC1(Cl)[C@@H](O)[C@@H](CO[P@@](=O)(C[C@@H](C)C(=O)OC(C)C)Oc2ccccc2)O[C@H]1n1ccc(=O)[nH]c1=O. The molecule has 0 spiro atoms. The van der Waals surface area contributed by atoms with E-state index in [1.54, 1.807) is 44.2 Å². The van der Waals surface area contributed by atoms with Crippen molar-refractivity contribution in [3.8, 4) is 18.1 Å². The summed E-state index contributed by atoms with van der Waals surface area (Å²) in [6, 6.07) is 9.27. The highest BCUT2D eigenvalue weighted by Crippen LogP contribution is 2.51. The van der Waals surface area contributed by atoms with Gasteiger partial charge in [-0.2, -0.15) is 0 Å². The van der Waals surface area contributed by atoms with Crippen LogP contribution in [-0.4, -0.2) is 56.6 Å². The topological polar surface area (TPSA) is 146 Å². The summed E-state index contributed by atoms with van der Waals surface area (Å²) in [7, 11) is -4.03. The molecule has 6 atom stereocenters. The Hall–Kier alpha value is -2.87. The molecule has 2 N–H and O–H groups in total. The molecular formula is C24H28ClN2O9P. The monoisotopic (exact) mass is 554 g/mol. The molecule has 11 nitrogen and oxygen atoms in total. The van der Waals surface area contributed by atoms with Crippen LogP contribution in [0.1, 0.15) is 27.0 Å². The van der Waals surface area contributed by atoms with Gasteiger partial charge in [0, 0.05) is 12.3 Å². The smallest absolute Gasteiger partial charge is 0.380 e. The number of halogens is 1. The minimum Gasteiger partial charge on any atom is -0.463 e. The quantitative estimate of drug-likeness (QED) is 0.195. The number of carbonyl (C=O) groups is 1. The lowest BCUT2D eigenvalue weighted by molar-refractivity contribution is -0.151. The van der Waals surface area contributed by atoms with E-state index in [0.29, 0.717) is 0 Å². The zero-order chi connectivity index (χ0) is 27.4. The molecule has 1 aromatic heterocycles. The summed E-state index contributed by atoms with van der Waals surface area (Å²) in [6.45, 7) is 4.39. The second kappa shape index (κ2) is 11.7. The molecule has 37 heavy (non-hydrogen) atoms. The molecule has 0 amide bonds. The van der Waals surface area contributed by atoms with Crippen LogP contribution in [0.25, 0.3) is 0 Å². The Morgan fingerprint density at radius 3 is 2.57 bits per heavy atom. The highest BCUT2D eigenvalue weighted by molar-refractivity contribution is 7.54. The molecule has 0 aliphatic carbocycles. The molecule has 0 saturated carbocycles. The second-order valence-corrected chi connectivity index (χ2v) is 11.4. The Morgan fingerprint density at radius 2 is 1.97 bits per heavy atom. The van der Waals surface area contributed by atoms with Gasteiger partial charge < -0.3 is 19.1 Å². The third kappa shape index (κ3) is 6.72. The zero-order valence-corrected chi connectivity index (χ0v) is 22.1. The molecule has 1 aliphatic rings. The van der Waals surface area contributed by atoms with Crippen molar-refractivity contribution in [2.45, 2.75) is 50.2 Å². The molecule has 1 aliphatic heterocycles. The van der Waals surface area contributed by atoms with Crippen molar-refractivity contribution >= 4 is 25.2 Å². The fourth-order valence-corrected chi connectivity index (χ4v) is 5.79. The van der Waals surface area contributed by atoms with Gasteiger partial charge in [0.25, 0.3) is 5.56 Å². The van der Waals surface area contributed by atoms with E-state index in [-0.39, 0.29) is 18.0 Å². The Kier molecular flexibility index (Phi) is 9.05. The van der Waals surface area contributed by atoms with Gasteiger partial charge in [0.1, 0.15) is 18.0 Å². The Balaban J connectivity index is 1.84. The van der Waals surface area contributed by atoms with Crippen LogP contribution in [0.4, 0.5) is 0 Å². The molecule has 200 valence electrons. The number of nitrogens with zero attached hydrogens (tertiary/aromatic N) is 1. The van der Waals surface area contributed by atoms with Gasteiger partial charge in [-0.05, 0) is 26.0 Å². The number of nitrogens with one attached hydrogen (secondary N) is 1. The number of terminal acetylenes is 1. The number of para-hydroxylation sites is 1. The van der Waals surface area contributed by atoms with Gasteiger partial charge in [-0.1, -0.05) is 42.6 Å². The summed E-state index contributed by atoms with van der Waals surface area (Å²) in [6.07, 6.45) is 1.78. The van der Waals surface area contributed by atoms with Crippen molar-refractivity contribution in [2.75, 3.05) is 12.8 Å². The van der Waals surface area contributed by atoms with Crippen molar-refractivity contribution in [3.05, 3.63) is 63.4 Å². The van der Waals surface area contributed by atoms with E-state index >= 15 is 0 Å². The molecule has 13 heteroatoms. The van der Waals surface area contributed by atoms with Crippen LogP contribution in [0.3, 0.4) is 0 Å². The van der Waals surface area contributed by atoms with Crippen molar-refractivity contribution in [1.82, 2.24) is 9.55 Å². The van der Waals surface area contributed by atoms with Crippen LogP contribution in [-0.2, 0) is 23.4 Å². The number of H-pyrrole nitrogens is 1. The molecule has 0 bridgehead atoms. The first kappa shape index (κ1) is 28.7. The van der Waals surface area contributed by atoms with Gasteiger partial charge in [0.2, 0.25) is 0 Å². The van der Waals surface area contributed by atoms with Crippen LogP contribution in [0, 0.1) is 18.3 Å². The van der Waals surface area contributed by atoms with Crippen molar-refractivity contribution in [2.24, 2.45) is 5.92 Å². The number of aliphatic hydroxyl groups is 1. The number of ether oxygens (including phenoxy) is 2. The lowest BCUT2D eigenvalue weighted by atomic mass is 9.99. The molecule has 2 aromatic rings. The summed E-state index contributed by atoms with van der Waals surface area (Å²) >= 11 is 6.49. The van der Waals surface area contributed by atoms with E-state index in [1.807, 2.05) is 0 Å².